The molecule has 2 aromatic carbocycles. The Bertz CT molecular complexity index is 1200. The van der Waals surface area contributed by atoms with E-state index in [4.69, 9.17) is 9.15 Å². The topological polar surface area (TPSA) is 97.6 Å². The van der Waals surface area contributed by atoms with Crippen LogP contribution in [0, 0.1) is 5.92 Å². The molecule has 0 saturated heterocycles. The lowest BCUT2D eigenvalue weighted by Crippen LogP contribution is -2.28. The first-order valence-electron chi connectivity index (χ1n) is 10.7. The van der Waals surface area contributed by atoms with E-state index in [1.54, 1.807) is 37.5 Å². The summed E-state index contributed by atoms with van der Waals surface area (Å²) in [5.74, 6) is 1.55. The molecule has 3 aromatic rings. The molecule has 1 atom stereocenters. The third kappa shape index (κ3) is 6.12. The summed E-state index contributed by atoms with van der Waals surface area (Å²) in [5, 5.41) is 3.09. The molecule has 2 N–H and O–H groups in total. The molecule has 1 aliphatic rings. The Hall–Kier alpha value is -3.36. The van der Waals surface area contributed by atoms with Crippen molar-refractivity contribution in [2.45, 2.75) is 30.3 Å². The number of hydrogen-bond acceptors (Lipinski definition) is 5. The third-order valence-electron chi connectivity index (χ3n) is 5.50. The van der Waals surface area contributed by atoms with E-state index in [2.05, 4.69) is 10.0 Å². The van der Waals surface area contributed by atoms with E-state index in [-0.39, 0.29) is 23.4 Å². The minimum atomic E-state index is -3.66. The van der Waals surface area contributed by atoms with Gasteiger partial charge < -0.3 is 14.5 Å². The lowest BCUT2D eigenvalue weighted by molar-refractivity contribution is -0.117. The highest BCUT2D eigenvalue weighted by Crippen LogP contribution is 2.41. The maximum absolute atomic E-state index is 12.5. The Labute approximate surface area is 193 Å². The standard InChI is InChI=1S/C25H26N2O5S/c1-31-21-11-9-20(10-12-21)25(19-7-8-19)27-24(28)15-6-18-4-13-23(14-5-18)33(29,30)26-17-22-3-2-16-32-22/h2-6,9-16,19,25-26H,7-8,17H2,1H3,(H,27,28)/b15-6+. The molecule has 1 fully saturated rings. The predicted molar refractivity (Wildman–Crippen MR) is 125 cm³/mol. The van der Waals surface area contributed by atoms with Crippen molar-refractivity contribution in [3.63, 3.8) is 0 Å². The lowest BCUT2D eigenvalue weighted by atomic mass is 10.0. The fraction of sp³-hybridized carbons (Fsp3) is 0.240. The van der Waals surface area contributed by atoms with E-state index in [9.17, 15) is 13.2 Å². The van der Waals surface area contributed by atoms with Crippen molar-refractivity contribution in [2.75, 3.05) is 7.11 Å². The zero-order chi connectivity index (χ0) is 23.3. The molecule has 1 saturated carbocycles. The Morgan fingerprint density at radius 1 is 1.12 bits per heavy atom. The van der Waals surface area contributed by atoms with Gasteiger partial charge in [-0.2, -0.15) is 0 Å². The predicted octanol–water partition coefficient (Wildman–Crippen LogP) is 4.05. The molecule has 1 aromatic heterocycles. The molecular formula is C25H26N2O5S. The monoisotopic (exact) mass is 466 g/mol. The van der Waals surface area contributed by atoms with Crippen LogP contribution in [0.1, 0.15) is 35.8 Å². The van der Waals surface area contributed by atoms with E-state index in [1.807, 2.05) is 24.3 Å². The molecule has 0 radical (unpaired) electrons. The number of amides is 1. The molecule has 7 nitrogen and oxygen atoms in total. The summed E-state index contributed by atoms with van der Waals surface area (Å²) in [5.41, 5.74) is 1.78. The Kier molecular flexibility index (Phi) is 6.96. The molecular weight excluding hydrogens is 440 g/mol. The molecule has 1 heterocycles. The van der Waals surface area contributed by atoms with Gasteiger partial charge in [0.15, 0.2) is 0 Å². The third-order valence-corrected chi connectivity index (χ3v) is 6.92. The number of carbonyl (C=O) groups excluding carboxylic acids is 1. The van der Waals surface area contributed by atoms with Gasteiger partial charge in [0.25, 0.3) is 0 Å². The maximum atomic E-state index is 12.5. The first-order chi connectivity index (χ1) is 15.9. The summed E-state index contributed by atoms with van der Waals surface area (Å²) in [6.45, 7) is 0.0769. The highest BCUT2D eigenvalue weighted by Gasteiger charge is 2.33. The average Bonchev–Trinajstić information content (AvgIpc) is 3.54. The molecule has 0 spiro atoms. The van der Waals surface area contributed by atoms with Crippen molar-refractivity contribution < 1.29 is 22.4 Å². The fourth-order valence-corrected chi connectivity index (χ4v) is 4.50. The molecule has 8 heteroatoms. The van der Waals surface area contributed by atoms with Gasteiger partial charge in [-0.3, -0.25) is 4.79 Å². The molecule has 0 aliphatic heterocycles. The van der Waals surface area contributed by atoms with Crippen molar-refractivity contribution in [3.05, 3.63) is 89.9 Å². The zero-order valence-electron chi connectivity index (χ0n) is 18.2. The van der Waals surface area contributed by atoms with Crippen molar-refractivity contribution in [1.82, 2.24) is 10.0 Å². The zero-order valence-corrected chi connectivity index (χ0v) is 19.0. The van der Waals surface area contributed by atoms with E-state index in [1.165, 1.54) is 24.5 Å². The van der Waals surface area contributed by atoms with Crippen LogP contribution < -0.4 is 14.8 Å². The van der Waals surface area contributed by atoms with Crippen LogP contribution >= 0.6 is 0 Å². The Morgan fingerprint density at radius 2 is 1.85 bits per heavy atom. The first-order valence-corrected chi connectivity index (χ1v) is 12.2. The van der Waals surface area contributed by atoms with Gasteiger partial charge in [-0.25, -0.2) is 13.1 Å². The summed E-state index contributed by atoms with van der Waals surface area (Å²) in [4.78, 5) is 12.7. The number of methoxy groups -OCH3 is 1. The minimum Gasteiger partial charge on any atom is -0.497 e. The van der Waals surface area contributed by atoms with Crippen LogP contribution in [0.3, 0.4) is 0 Å². The molecule has 1 unspecified atom stereocenters. The van der Waals surface area contributed by atoms with Gasteiger partial charge in [0.2, 0.25) is 15.9 Å². The molecule has 0 bridgehead atoms. The molecule has 1 amide bonds. The van der Waals surface area contributed by atoms with Gasteiger partial charge in [-0.05, 0) is 72.4 Å². The normalized spacial score (nSPS) is 14.8. The number of hydrogen-bond donors (Lipinski definition) is 2. The summed E-state index contributed by atoms with van der Waals surface area (Å²) >= 11 is 0. The SMILES string of the molecule is COc1ccc(C(NC(=O)/C=C/c2ccc(S(=O)(=O)NCc3ccco3)cc2)C2CC2)cc1. The van der Waals surface area contributed by atoms with Crippen LogP contribution in [0.5, 0.6) is 5.75 Å². The number of furan rings is 1. The number of benzene rings is 2. The quantitative estimate of drug-likeness (QED) is 0.440. The number of sulfonamides is 1. The number of nitrogens with one attached hydrogen (secondary N) is 2. The van der Waals surface area contributed by atoms with Crippen molar-refractivity contribution in [1.29, 1.82) is 0 Å². The molecule has 1 aliphatic carbocycles. The Morgan fingerprint density at radius 3 is 2.45 bits per heavy atom. The van der Waals surface area contributed by atoms with Gasteiger partial charge in [0.05, 0.1) is 30.9 Å². The second kappa shape index (κ2) is 10.1. The molecule has 33 heavy (non-hydrogen) atoms. The number of ether oxygens (including phenoxy) is 1. The van der Waals surface area contributed by atoms with Crippen LogP contribution in [-0.4, -0.2) is 21.4 Å². The average molecular weight is 467 g/mol. The van der Waals surface area contributed by atoms with Gasteiger partial charge >= 0.3 is 0 Å². The summed E-state index contributed by atoms with van der Waals surface area (Å²) in [6.07, 6.45) is 6.80. The van der Waals surface area contributed by atoms with E-state index >= 15 is 0 Å². The van der Waals surface area contributed by atoms with Crippen LogP contribution in [0.4, 0.5) is 0 Å². The molecule has 4 rings (SSSR count). The van der Waals surface area contributed by atoms with Gasteiger partial charge in [-0.15, -0.1) is 0 Å². The lowest BCUT2D eigenvalue weighted by Gasteiger charge is -2.18. The summed E-state index contributed by atoms with van der Waals surface area (Å²) in [6, 6.07) is 17.4. The van der Waals surface area contributed by atoms with Crippen molar-refractivity contribution in [3.8, 4) is 5.75 Å². The summed E-state index contributed by atoms with van der Waals surface area (Å²) < 4.78 is 37.7. The highest BCUT2D eigenvalue weighted by molar-refractivity contribution is 7.89. The van der Waals surface area contributed by atoms with E-state index in [0.717, 1.165) is 29.7 Å². The second-order valence-corrected chi connectivity index (χ2v) is 9.67. The fourth-order valence-electron chi connectivity index (χ4n) is 3.51. The van der Waals surface area contributed by atoms with E-state index < -0.39 is 10.0 Å². The second-order valence-electron chi connectivity index (χ2n) is 7.90. The van der Waals surface area contributed by atoms with Crippen LogP contribution in [-0.2, 0) is 21.4 Å². The highest BCUT2D eigenvalue weighted by atomic mass is 32.2. The summed E-state index contributed by atoms with van der Waals surface area (Å²) in [7, 11) is -2.04. The van der Waals surface area contributed by atoms with Crippen molar-refractivity contribution >= 4 is 22.0 Å². The first kappa shape index (κ1) is 22.8. The minimum absolute atomic E-state index is 0.0409. The van der Waals surface area contributed by atoms with Gasteiger partial charge in [0, 0.05) is 6.08 Å². The van der Waals surface area contributed by atoms with Crippen LogP contribution in [0.15, 0.2) is 82.3 Å². The number of rotatable bonds is 10. The van der Waals surface area contributed by atoms with E-state index in [0.29, 0.717) is 11.7 Å². The molecule has 172 valence electrons. The van der Waals surface area contributed by atoms with Gasteiger partial charge in [0.1, 0.15) is 11.5 Å². The Balaban J connectivity index is 1.36. The van der Waals surface area contributed by atoms with Gasteiger partial charge in [-0.1, -0.05) is 24.3 Å². The number of carbonyl (C=O) groups is 1. The largest absolute Gasteiger partial charge is 0.497 e. The smallest absolute Gasteiger partial charge is 0.244 e. The van der Waals surface area contributed by atoms with Crippen molar-refractivity contribution in [2.24, 2.45) is 5.92 Å². The maximum Gasteiger partial charge on any atom is 0.244 e. The van der Waals surface area contributed by atoms with Crippen LogP contribution in [0.25, 0.3) is 6.08 Å². The van der Waals surface area contributed by atoms with Crippen LogP contribution in [0.2, 0.25) is 0 Å².